The third-order valence-corrected chi connectivity index (χ3v) is 3.81. The van der Waals surface area contributed by atoms with Crippen molar-refractivity contribution in [3.8, 4) is 0 Å². The Kier molecular flexibility index (Phi) is 4.43. The van der Waals surface area contributed by atoms with Gasteiger partial charge in [0.25, 0.3) is 0 Å². The van der Waals surface area contributed by atoms with Gasteiger partial charge in [-0.25, -0.2) is 0 Å². The van der Waals surface area contributed by atoms with Gasteiger partial charge in [0.1, 0.15) is 0 Å². The van der Waals surface area contributed by atoms with Crippen LogP contribution in [-0.4, -0.2) is 19.1 Å². The second kappa shape index (κ2) is 6.06. The van der Waals surface area contributed by atoms with Gasteiger partial charge in [-0.3, -0.25) is 0 Å². The molecule has 0 amide bonds. The maximum atomic E-state index is 3.51. The zero-order chi connectivity index (χ0) is 12.1. The summed E-state index contributed by atoms with van der Waals surface area (Å²) in [5, 5.41) is 7.01. The van der Waals surface area contributed by atoms with E-state index in [2.05, 4.69) is 48.7 Å². The molecule has 17 heavy (non-hydrogen) atoms. The van der Waals surface area contributed by atoms with E-state index in [9.17, 15) is 0 Å². The molecule has 1 heterocycles. The van der Waals surface area contributed by atoms with Gasteiger partial charge >= 0.3 is 0 Å². The summed E-state index contributed by atoms with van der Waals surface area (Å²) in [6.45, 7) is 6.75. The lowest BCUT2D eigenvalue weighted by molar-refractivity contribution is 0.633. The fraction of sp³-hybridized carbons (Fsp3) is 0.600. The Labute approximate surface area is 105 Å². The minimum absolute atomic E-state index is 0.657. The second-order valence-corrected chi connectivity index (χ2v) is 5.11. The van der Waals surface area contributed by atoms with E-state index in [1.807, 2.05) is 0 Å². The first kappa shape index (κ1) is 12.4. The second-order valence-electron chi connectivity index (χ2n) is 5.11. The molecule has 2 N–H and O–H groups in total. The molecule has 1 saturated heterocycles. The highest BCUT2D eigenvalue weighted by Gasteiger charge is 2.13. The molecule has 0 aromatic heterocycles. The Hall–Kier alpha value is -1.02. The smallest absolute Gasteiger partial charge is 0.0340 e. The third kappa shape index (κ3) is 3.47. The fourth-order valence-electron chi connectivity index (χ4n) is 2.34. The highest BCUT2D eigenvalue weighted by Crippen LogP contribution is 2.20. The molecular formula is C15H24N2. The Morgan fingerprint density at radius 1 is 1.35 bits per heavy atom. The number of hydrogen-bond donors (Lipinski definition) is 2. The zero-order valence-corrected chi connectivity index (χ0v) is 11.0. The van der Waals surface area contributed by atoms with E-state index in [1.165, 1.54) is 37.1 Å². The summed E-state index contributed by atoms with van der Waals surface area (Å²) in [7, 11) is 0. The monoisotopic (exact) mass is 232 g/mol. The van der Waals surface area contributed by atoms with Gasteiger partial charge in [0, 0.05) is 18.3 Å². The van der Waals surface area contributed by atoms with Crippen LogP contribution in [0.15, 0.2) is 24.3 Å². The highest BCUT2D eigenvalue weighted by molar-refractivity contribution is 5.45. The van der Waals surface area contributed by atoms with E-state index in [1.54, 1.807) is 0 Å². The van der Waals surface area contributed by atoms with Crippen molar-refractivity contribution in [2.45, 2.75) is 45.1 Å². The Bertz CT molecular complexity index is 325. The average Bonchev–Trinajstić information content (AvgIpc) is 2.89. The Morgan fingerprint density at radius 2 is 2.12 bits per heavy atom. The number of anilines is 1. The molecular weight excluding hydrogens is 208 g/mol. The molecule has 1 aliphatic rings. The molecule has 0 radical (unpaired) electrons. The molecule has 2 atom stereocenters. The van der Waals surface area contributed by atoms with Gasteiger partial charge in [-0.2, -0.15) is 0 Å². The van der Waals surface area contributed by atoms with Gasteiger partial charge in [-0.15, -0.1) is 0 Å². The van der Waals surface area contributed by atoms with Gasteiger partial charge < -0.3 is 10.6 Å². The molecule has 2 nitrogen and oxygen atoms in total. The van der Waals surface area contributed by atoms with Crippen LogP contribution in [0.3, 0.4) is 0 Å². The molecule has 1 fully saturated rings. The van der Waals surface area contributed by atoms with Crippen molar-refractivity contribution in [2.24, 2.45) is 0 Å². The van der Waals surface area contributed by atoms with Crippen molar-refractivity contribution in [1.29, 1.82) is 0 Å². The molecule has 0 bridgehead atoms. The van der Waals surface area contributed by atoms with Gasteiger partial charge in [0.05, 0.1) is 0 Å². The number of nitrogens with one attached hydrogen (secondary N) is 2. The highest BCUT2D eigenvalue weighted by atomic mass is 15.0. The van der Waals surface area contributed by atoms with Crippen LogP contribution >= 0.6 is 0 Å². The van der Waals surface area contributed by atoms with Crippen molar-refractivity contribution in [2.75, 3.05) is 18.4 Å². The minimum atomic E-state index is 0.657. The average molecular weight is 232 g/mol. The van der Waals surface area contributed by atoms with Crippen LogP contribution < -0.4 is 10.6 Å². The van der Waals surface area contributed by atoms with Crippen molar-refractivity contribution < 1.29 is 0 Å². The number of hydrogen-bond acceptors (Lipinski definition) is 2. The molecule has 2 rings (SSSR count). The summed E-state index contributed by atoms with van der Waals surface area (Å²) in [6, 6.07) is 9.56. The van der Waals surface area contributed by atoms with E-state index in [0.717, 1.165) is 6.54 Å². The quantitative estimate of drug-likeness (QED) is 0.813. The van der Waals surface area contributed by atoms with Gasteiger partial charge in [0.15, 0.2) is 0 Å². The molecule has 0 aliphatic carbocycles. The van der Waals surface area contributed by atoms with Gasteiger partial charge in [0.2, 0.25) is 0 Å². The first-order valence-corrected chi connectivity index (χ1v) is 6.87. The first-order valence-electron chi connectivity index (χ1n) is 6.87. The molecule has 2 unspecified atom stereocenters. The summed E-state index contributed by atoms with van der Waals surface area (Å²) < 4.78 is 0. The van der Waals surface area contributed by atoms with E-state index >= 15 is 0 Å². The van der Waals surface area contributed by atoms with E-state index in [0.29, 0.717) is 12.0 Å². The van der Waals surface area contributed by atoms with Crippen LogP contribution in [0.1, 0.15) is 44.6 Å². The van der Waals surface area contributed by atoms with E-state index < -0.39 is 0 Å². The third-order valence-electron chi connectivity index (χ3n) is 3.81. The van der Waals surface area contributed by atoms with E-state index in [4.69, 9.17) is 0 Å². The molecule has 0 spiro atoms. The topological polar surface area (TPSA) is 24.1 Å². The van der Waals surface area contributed by atoms with Gasteiger partial charge in [-0.05, 0) is 49.4 Å². The lowest BCUT2D eigenvalue weighted by Crippen LogP contribution is -2.29. The molecule has 1 aromatic carbocycles. The summed E-state index contributed by atoms with van der Waals surface area (Å²) in [5.74, 6) is 0.667. The summed E-state index contributed by atoms with van der Waals surface area (Å²) in [5.41, 5.74) is 2.68. The van der Waals surface area contributed by atoms with Crippen LogP contribution in [0.4, 0.5) is 5.69 Å². The predicted molar refractivity (Wildman–Crippen MR) is 74.7 cm³/mol. The van der Waals surface area contributed by atoms with Crippen LogP contribution in [0.5, 0.6) is 0 Å². The largest absolute Gasteiger partial charge is 0.383 e. The van der Waals surface area contributed by atoms with Gasteiger partial charge in [-0.1, -0.05) is 26.0 Å². The van der Waals surface area contributed by atoms with Crippen molar-refractivity contribution >= 4 is 5.69 Å². The minimum Gasteiger partial charge on any atom is -0.383 e. The van der Waals surface area contributed by atoms with Crippen LogP contribution in [0.2, 0.25) is 0 Å². The lowest BCUT2D eigenvalue weighted by Gasteiger charge is -2.14. The van der Waals surface area contributed by atoms with Crippen LogP contribution in [0.25, 0.3) is 0 Å². The molecule has 2 heteroatoms. The maximum absolute atomic E-state index is 3.51. The fourth-order valence-corrected chi connectivity index (χ4v) is 2.34. The summed E-state index contributed by atoms with van der Waals surface area (Å²) in [6.07, 6.45) is 3.83. The number of benzene rings is 1. The predicted octanol–water partition coefficient (Wildman–Crippen LogP) is 3.36. The Balaban J connectivity index is 1.84. The lowest BCUT2D eigenvalue weighted by atomic mass is 9.99. The van der Waals surface area contributed by atoms with Crippen molar-refractivity contribution in [3.63, 3.8) is 0 Å². The normalized spacial score (nSPS) is 21.4. The first-order chi connectivity index (χ1) is 8.29. The molecule has 1 aliphatic heterocycles. The molecule has 94 valence electrons. The Morgan fingerprint density at radius 3 is 2.71 bits per heavy atom. The van der Waals surface area contributed by atoms with Crippen molar-refractivity contribution in [3.05, 3.63) is 29.8 Å². The van der Waals surface area contributed by atoms with E-state index in [-0.39, 0.29) is 0 Å². The maximum Gasteiger partial charge on any atom is 0.0340 e. The van der Waals surface area contributed by atoms with Crippen molar-refractivity contribution in [1.82, 2.24) is 5.32 Å². The molecule has 1 aromatic rings. The summed E-state index contributed by atoms with van der Waals surface area (Å²) >= 11 is 0. The number of rotatable bonds is 5. The standard InChI is InChI=1S/C15H24N2/c1-3-12(2)13-6-8-14(9-7-13)17-11-15-5-4-10-16-15/h6-9,12,15-17H,3-5,10-11H2,1-2H3. The van der Waals surface area contributed by atoms with Crippen LogP contribution in [0, 0.1) is 0 Å². The SMILES string of the molecule is CCC(C)c1ccc(NCC2CCCN2)cc1. The zero-order valence-electron chi connectivity index (χ0n) is 11.0. The summed E-state index contributed by atoms with van der Waals surface area (Å²) in [4.78, 5) is 0. The molecule has 0 saturated carbocycles. The van der Waals surface area contributed by atoms with Crippen LogP contribution in [-0.2, 0) is 0 Å².